The number of hydrogen-bond acceptors (Lipinski definition) is 6. The number of benzene rings is 1. The Labute approximate surface area is 157 Å². The van der Waals surface area contributed by atoms with Crippen LogP contribution in [-0.2, 0) is 15.8 Å². The number of hydrogen-bond donors (Lipinski definition) is 0. The summed E-state index contributed by atoms with van der Waals surface area (Å²) in [4.78, 5) is 0. The van der Waals surface area contributed by atoms with Crippen molar-refractivity contribution < 1.29 is 12.8 Å². The molecule has 0 unspecified atom stereocenters. The number of furan rings is 1. The van der Waals surface area contributed by atoms with E-state index in [9.17, 15) is 8.42 Å². The van der Waals surface area contributed by atoms with Crippen molar-refractivity contribution in [3.63, 3.8) is 0 Å². The van der Waals surface area contributed by atoms with Crippen LogP contribution in [0.2, 0.25) is 0 Å². The number of aryl methyl sites for hydroxylation is 2. The SMILES string of the molecule is Cc1ccccc1-n1c(C)nnc1SCc1ccc(S(=O)(=O)N(C)C)o1. The van der Waals surface area contributed by atoms with E-state index >= 15 is 0 Å². The Hall–Kier alpha value is -2.10. The van der Waals surface area contributed by atoms with Crippen LogP contribution in [0.25, 0.3) is 5.69 Å². The molecule has 0 spiro atoms. The predicted molar refractivity (Wildman–Crippen MR) is 100.0 cm³/mol. The number of thioether (sulfide) groups is 1. The van der Waals surface area contributed by atoms with Crippen LogP contribution in [0.4, 0.5) is 0 Å². The molecule has 0 aliphatic heterocycles. The van der Waals surface area contributed by atoms with Gasteiger partial charge in [0.1, 0.15) is 11.6 Å². The van der Waals surface area contributed by atoms with E-state index in [-0.39, 0.29) is 5.09 Å². The van der Waals surface area contributed by atoms with Gasteiger partial charge < -0.3 is 4.42 Å². The van der Waals surface area contributed by atoms with Crippen molar-refractivity contribution >= 4 is 21.8 Å². The molecule has 0 fully saturated rings. The molecule has 7 nitrogen and oxygen atoms in total. The third-order valence-electron chi connectivity index (χ3n) is 3.87. The second kappa shape index (κ2) is 7.26. The molecule has 0 aliphatic carbocycles. The number of aromatic nitrogens is 3. The van der Waals surface area contributed by atoms with E-state index in [1.165, 1.54) is 31.9 Å². The summed E-state index contributed by atoms with van der Waals surface area (Å²) in [5, 5.41) is 9.08. The average Bonchev–Trinajstić information content (AvgIpc) is 3.21. The van der Waals surface area contributed by atoms with Crippen LogP contribution in [0.1, 0.15) is 17.1 Å². The van der Waals surface area contributed by atoms with Crippen LogP contribution >= 0.6 is 11.8 Å². The first-order chi connectivity index (χ1) is 12.3. The normalized spacial score (nSPS) is 12.0. The second-order valence-electron chi connectivity index (χ2n) is 5.95. The van der Waals surface area contributed by atoms with E-state index in [1.807, 2.05) is 42.7 Å². The molecule has 3 rings (SSSR count). The van der Waals surface area contributed by atoms with Gasteiger partial charge in [-0.25, -0.2) is 12.7 Å². The third-order valence-corrected chi connectivity index (χ3v) is 6.51. The van der Waals surface area contributed by atoms with E-state index in [2.05, 4.69) is 10.2 Å². The lowest BCUT2D eigenvalue weighted by molar-refractivity contribution is 0.408. The quantitative estimate of drug-likeness (QED) is 0.600. The van der Waals surface area contributed by atoms with Gasteiger partial charge in [0.05, 0.1) is 11.4 Å². The Morgan fingerprint density at radius 3 is 2.54 bits per heavy atom. The van der Waals surface area contributed by atoms with Gasteiger partial charge in [-0.2, -0.15) is 0 Å². The Morgan fingerprint density at radius 1 is 1.12 bits per heavy atom. The van der Waals surface area contributed by atoms with Gasteiger partial charge in [0, 0.05) is 14.1 Å². The van der Waals surface area contributed by atoms with Gasteiger partial charge in [-0.1, -0.05) is 30.0 Å². The maximum Gasteiger partial charge on any atom is 0.275 e. The second-order valence-corrected chi connectivity index (χ2v) is 8.97. The van der Waals surface area contributed by atoms with Crippen LogP contribution in [0.15, 0.2) is 51.1 Å². The van der Waals surface area contributed by atoms with Crippen molar-refractivity contribution in [3.8, 4) is 5.69 Å². The summed E-state index contributed by atoms with van der Waals surface area (Å²) < 4.78 is 32.8. The summed E-state index contributed by atoms with van der Waals surface area (Å²) in [7, 11) is -0.624. The molecule has 0 N–H and O–H groups in total. The van der Waals surface area contributed by atoms with Crippen molar-refractivity contribution in [3.05, 3.63) is 53.5 Å². The summed E-state index contributed by atoms with van der Waals surface area (Å²) in [6, 6.07) is 11.2. The lowest BCUT2D eigenvalue weighted by atomic mass is 10.2. The number of para-hydroxylation sites is 1. The summed E-state index contributed by atoms with van der Waals surface area (Å²) in [5.74, 6) is 1.80. The Balaban J connectivity index is 1.82. The molecule has 0 saturated heterocycles. The molecule has 9 heteroatoms. The van der Waals surface area contributed by atoms with Crippen molar-refractivity contribution in [2.24, 2.45) is 0 Å². The maximum atomic E-state index is 12.1. The molecule has 0 bridgehead atoms. The minimum absolute atomic E-state index is 0.0605. The van der Waals surface area contributed by atoms with E-state index in [0.29, 0.717) is 11.5 Å². The van der Waals surface area contributed by atoms with Crippen LogP contribution in [-0.4, -0.2) is 41.6 Å². The van der Waals surface area contributed by atoms with Crippen LogP contribution < -0.4 is 0 Å². The van der Waals surface area contributed by atoms with Gasteiger partial charge in [-0.3, -0.25) is 4.57 Å². The van der Waals surface area contributed by atoms with Crippen molar-refractivity contribution in [1.29, 1.82) is 0 Å². The van der Waals surface area contributed by atoms with Crippen molar-refractivity contribution in [2.45, 2.75) is 29.8 Å². The van der Waals surface area contributed by atoms with Crippen LogP contribution in [0.5, 0.6) is 0 Å². The van der Waals surface area contributed by atoms with Crippen LogP contribution in [0, 0.1) is 13.8 Å². The number of nitrogens with zero attached hydrogens (tertiary/aromatic N) is 4. The monoisotopic (exact) mass is 392 g/mol. The van der Waals surface area contributed by atoms with Gasteiger partial charge in [0.2, 0.25) is 5.09 Å². The topological polar surface area (TPSA) is 81.2 Å². The lowest BCUT2D eigenvalue weighted by Crippen LogP contribution is -2.21. The Bertz CT molecular complexity index is 1020. The van der Waals surface area contributed by atoms with Gasteiger partial charge in [-0.05, 0) is 37.6 Å². The highest BCUT2D eigenvalue weighted by Gasteiger charge is 2.22. The van der Waals surface area contributed by atoms with Crippen molar-refractivity contribution in [2.75, 3.05) is 14.1 Å². The third kappa shape index (κ3) is 3.55. The first kappa shape index (κ1) is 18.7. The molecular weight excluding hydrogens is 372 g/mol. The molecule has 138 valence electrons. The van der Waals surface area contributed by atoms with Gasteiger partial charge in [-0.15, -0.1) is 10.2 Å². The molecule has 0 atom stereocenters. The van der Waals surface area contributed by atoms with Crippen LogP contribution in [0.3, 0.4) is 0 Å². The largest absolute Gasteiger partial charge is 0.447 e. The first-order valence-electron chi connectivity index (χ1n) is 7.93. The fourth-order valence-electron chi connectivity index (χ4n) is 2.42. The van der Waals surface area contributed by atoms with Gasteiger partial charge >= 0.3 is 0 Å². The smallest absolute Gasteiger partial charge is 0.275 e. The highest BCUT2D eigenvalue weighted by atomic mass is 32.2. The summed E-state index contributed by atoms with van der Waals surface area (Å²) in [6.45, 7) is 3.94. The fraction of sp³-hybridized carbons (Fsp3) is 0.294. The Kier molecular flexibility index (Phi) is 5.22. The van der Waals surface area contributed by atoms with Gasteiger partial charge in [0.25, 0.3) is 10.0 Å². The van der Waals surface area contributed by atoms with Crippen molar-refractivity contribution in [1.82, 2.24) is 19.1 Å². The standard InChI is InChI=1S/C17H20N4O3S2/c1-12-7-5-6-8-15(12)21-13(2)18-19-17(21)25-11-14-9-10-16(24-14)26(22,23)20(3)4/h5-10H,11H2,1-4H3. The molecule has 0 saturated carbocycles. The van der Waals surface area contributed by atoms with E-state index in [0.717, 1.165) is 26.5 Å². The highest BCUT2D eigenvalue weighted by Crippen LogP contribution is 2.28. The van der Waals surface area contributed by atoms with Gasteiger partial charge in [0.15, 0.2) is 5.16 Å². The summed E-state index contributed by atoms with van der Waals surface area (Å²) in [5.41, 5.74) is 2.14. The molecule has 2 aromatic heterocycles. The molecular formula is C17H20N4O3S2. The molecule has 1 aromatic carbocycles. The maximum absolute atomic E-state index is 12.1. The molecule has 0 radical (unpaired) electrons. The number of sulfonamides is 1. The number of rotatable bonds is 6. The summed E-state index contributed by atoms with van der Waals surface area (Å²) >= 11 is 1.44. The molecule has 26 heavy (non-hydrogen) atoms. The van der Waals surface area contributed by atoms with E-state index < -0.39 is 10.0 Å². The molecule has 3 aromatic rings. The Morgan fingerprint density at radius 2 is 1.85 bits per heavy atom. The minimum Gasteiger partial charge on any atom is -0.447 e. The zero-order valence-corrected chi connectivity index (χ0v) is 16.6. The predicted octanol–water partition coefficient (Wildman–Crippen LogP) is 3.02. The molecule has 0 amide bonds. The molecule has 2 heterocycles. The van der Waals surface area contributed by atoms with E-state index in [4.69, 9.17) is 4.42 Å². The highest BCUT2D eigenvalue weighted by molar-refractivity contribution is 7.98. The minimum atomic E-state index is -3.57. The van der Waals surface area contributed by atoms with E-state index in [1.54, 1.807) is 6.07 Å². The zero-order valence-electron chi connectivity index (χ0n) is 15.0. The lowest BCUT2D eigenvalue weighted by Gasteiger charge is -2.10. The molecule has 0 aliphatic rings. The first-order valence-corrected chi connectivity index (χ1v) is 10.4. The zero-order chi connectivity index (χ0) is 18.9. The average molecular weight is 393 g/mol. The summed E-state index contributed by atoms with van der Waals surface area (Å²) in [6.07, 6.45) is 0. The fourth-order valence-corrected chi connectivity index (χ4v) is 4.12.